The Morgan fingerprint density at radius 2 is 1.38 bits per heavy atom. The molecule has 1 heterocycles. The van der Waals surface area contributed by atoms with Gasteiger partial charge >= 0.3 is 0 Å². The second-order valence-electron chi connectivity index (χ2n) is 10.6. The summed E-state index contributed by atoms with van der Waals surface area (Å²) in [5.41, 5.74) is 2.86. The maximum absolute atomic E-state index is 3.69. The molecule has 3 aromatic rings. The van der Waals surface area contributed by atoms with Crippen LogP contribution < -0.4 is 4.57 Å². The van der Waals surface area contributed by atoms with Crippen LogP contribution in [0.2, 0.25) is 0 Å². The molecule has 1 N–H and O–H groups in total. The average molecular weight is 460 g/mol. The molecule has 0 saturated heterocycles. The van der Waals surface area contributed by atoms with Gasteiger partial charge in [0.05, 0.1) is 12.0 Å². The number of nitrogens with zero attached hydrogens (tertiary/aromatic N) is 1. The molecule has 1 aromatic heterocycles. The third kappa shape index (κ3) is 7.08. The topological polar surface area (TPSA) is 19.7 Å². The van der Waals surface area contributed by atoms with E-state index in [9.17, 15) is 0 Å². The van der Waals surface area contributed by atoms with Crippen molar-refractivity contribution >= 4 is 0 Å². The quantitative estimate of drug-likeness (QED) is 0.173. The Labute approximate surface area is 208 Å². The van der Waals surface area contributed by atoms with Crippen LogP contribution in [-0.2, 0) is 11.8 Å². The van der Waals surface area contributed by atoms with Gasteiger partial charge in [-0.15, -0.1) is 0 Å². The zero-order valence-corrected chi connectivity index (χ0v) is 22.1. The molecule has 2 unspecified atom stereocenters. The lowest BCUT2D eigenvalue weighted by molar-refractivity contribution is -0.723. The number of hydrogen-bond donors (Lipinski definition) is 1. The van der Waals surface area contributed by atoms with Crippen molar-refractivity contribution < 1.29 is 4.57 Å². The maximum atomic E-state index is 3.69. The van der Waals surface area contributed by atoms with Gasteiger partial charge in [-0.2, -0.15) is 0 Å². The lowest BCUT2D eigenvalue weighted by atomic mass is 9.66. The Balaban J connectivity index is 1.87. The zero-order chi connectivity index (χ0) is 24.2. The fraction of sp³-hybridized carbons (Fsp3) is 0.531. The maximum Gasteiger partial charge on any atom is 0.258 e. The van der Waals surface area contributed by atoms with E-state index < -0.39 is 0 Å². The number of rotatable bonds is 15. The molecule has 2 nitrogen and oxygen atoms in total. The first kappa shape index (κ1) is 26.3. The third-order valence-electron chi connectivity index (χ3n) is 7.59. The van der Waals surface area contributed by atoms with Crippen LogP contribution in [0.3, 0.4) is 0 Å². The van der Waals surface area contributed by atoms with Crippen molar-refractivity contribution in [3.63, 3.8) is 0 Å². The number of imidazole rings is 1. The largest absolute Gasteiger partial charge is 0.258 e. The number of benzene rings is 2. The van der Waals surface area contributed by atoms with Gasteiger partial charge in [-0.1, -0.05) is 126 Å². The summed E-state index contributed by atoms with van der Waals surface area (Å²) in [5, 5.41) is 0. The van der Waals surface area contributed by atoms with Gasteiger partial charge in [-0.3, -0.25) is 0 Å². The van der Waals surface area contributed by atoms with Gasteiger partial charge in [-0.25, -0.2) is 9.55 Å². The van der Waals surface area contributed by atoms with Gasteiger partial charge in [0.25, 0.3) is 5.82 Å². The van der Waals surface area contributed by atoms with Crippen molar-refractivity contribution in [2.45, 2.75) is 109 Å². The van der Waals surface area contributed by atoms with Gasteiger partial charge in [-0.05, 0) is 37.8 Å². The standard InChI is InChI=1S/C32H46N2/c1-5-6-7-8-9-10-11-18-23-30(31-33-24-25-34(31)27(2)3)32(4,29-21-16-13-17-22-29)26-28-19-14-12-15-20-28/h12-17,19-22,24-25,27,30H,5-11,18,23,26H2,1-4H3/p+1. The molecule has 3 rings (SSSR count). The number of nitrogens with one attached hydrogen (secondary N) is 1. The van der Waals surface area contributed by atoms with Crippen molar-refractivity contribution in [2.75, 3.05) is 0 Å². The van der Waals surface area contributed by atoms with Crippen molar-refractivity contribution in [3.8, 4) is 0 Å². The van der Waals surface area contributed by atoms with Crippen molar-refractivity contribution in [3.05, 3.63) is 90.0 Å². The average Bonchev–Trinajstić information content (AvgIpc) is 3.34. The predicted molar refractivity (Wildman–Crippen MR) is 145 cm³/mol. The van der Waals surface area contributed by atoms with E-state index in [1.54, 1.807) is 0 Å². The summed E-state index contributed by atoms with van der Waals surface area (Å²) in [6.07, 6.45) is 17.5. The van der Waals surface area contributed by atoms with Gasteiger partial charge in [0.15, 0.2) is 0 Å². The minimum absolute atomic E-state index is 0.00519. The van der Waals surface area contributed by atoms with Crippen LogP contribution >= 0.6 is 0 Å². The summed E-state index contributed by atoms with van der Waals surface area (Å²) >= 11 is 0. The van der Waals surface area contributed by atoms with E-state index in [1.807, 2.05) is 0 Å². The molecule has 0 fully saturated rings. The Morgan fingerprint density at radius 1 is 0.794 bits per heavy atom. The smallest absolute Gasteiger partial charge is 0.247 e. The van der Waals surface area contributed by atoms with E-state index in [4.69, 9.17) is 0 Å². The molecule has 0 aliphatic carbocycles. The molecular weight excluding hydrogens is 412 g/mol. The van der Waals surface area contributed by atoms with Crippen molar-refractivity contribution in [1.29, 1.82) is 0 Å². The van der Waals surface area contributed by atoms with E-state index in [0.717, 1.165) is 6.42 Å². The highest BCUT2D eigenvalue weighted by atomic mass is 15.1. The second-order valence-corrected chi connectivity index (χ2v) is 10.6. The van der Waals surface area contributed by atoms with Crippen LogP contribution in [0.5, 0.6) is 0 Å². The lowest BCUT2D eigenvalue weighted by Crippen LogP contribution is -2.45. The molecule has 0 amide bonds. The van der Waals surface area contributed by atoms with Crippen LogP contribution in [0.1, 0.15) is 114 Å². The van der Waals surface area contributed by atoms with Gasteiger partial charge in [0.2, 0.25) is 0 Å². The van der Waals surface area contributed by atoms with Crippen molar-refractivity contribution in [1.82, 2.24) is 4.98 Å². The molecule has 184 valence electrons. The molecule has 34 heavy (non-hydrogen) atoms. The van der Waals surface area contributed by atoms with Crippen LogP contribution in [-0.4, -0.2) is 4.98 Å². The number of aromatic amines is 1. The molecule has 2 heteroatoms. The number of hydrogen-bond acceptors (Lipinski definition) is 0. The zero-order valence-electron chi connectivity index (χ0n) is 22.1. The number of aromatic nitrogens is 2. The fourth-order valence-corrected chi connectivity index (χ4v) is 5.59. The highest BCUT2D eigenvalue weighted by Crippen LogP contribution is 2.43. The SMILES string of the molecule is CCCCCCCCCCC(c1[nH]cc[n+]1C(C)C)C(C)(Cc1ccccc1)c1ccccc1. The fourth-order valence-electron chi connectivity index (χ4n) is 5.59. The van der Waals surface area contributed by atoms with Crippen LogP contribution in [0.15, 0.2) is 73.1 Å². The predicted octanol–water partition coefficient (Wildman–Crippen LogP) is 8.70. The molecule has 0 aliphatic rings. The van der Waals surface area contributed by atoms with Crippen LogP contribution in [0.25, 0.3) is 0 Å². The van der Waals surface area contributed by atoms with E-state index >= 15 is 0 Å². The van der Waals surface area contributed by atoms with Crippen LogP contribution in [0, 0.1) is 0 Å². The van der Waals surface area contributed by atoms with E-state index in [-0.39, 0.29) is 5.41 Å². The Kier molecular flexibility index (Phi) is 10.4. The highest BCUT2D eigenvalue weighted by molar-refractivity contribution is 5.32. The summed E-state index contributed by atoms with van der Waals surface area (Å²) < 4.78 is 2.46. The first-order chi connectivity index (χ1) is 16.6. The summed E-state index contributed by atoms with van der Waals surface area (Å²) in [4.78, 5) is 3.69. The van der Waals surface area contributed by atoms with E-state index in [1.165, 1.54) is 74.7 Å². The molecular formula is C32H47N2+. The monoisotopic (exact) mass is 459 g/mol. The second kappa shape index (κ2) is 13.5. The molecule has 0 bridgehead atoms. The Hall–Kier alpha value is -2.35. The van der Waals surface area contributed by atoms with Gasteiger partial charge in [0.1, 0.15) is 12.4 Å². The first-order valence-electron chi connectivity index (χ1n) is 13.7. The molecule has 0 spiro atoms. The molecule has 0 aliphatic heterocycles. The summed E-state index contributed by atoms with van der Waals surface area (Å²) in [5.74, 6) is 1.80. The highest BCUT2D eigenvalue weighted by Gasteiger charge is 2.42. The summed E-state index contributed by atoms with van der Waals surface area (Å²) in [6.45, 7) is 9.38. The Bertz CT molecular complexity index is 928. The molecule has 2 aromatic carbocycles. The van der Waals surface area contributed by atoms with E-state index in [0.29, 0.717) is 12.0 Å². The summed E-state index contributed by atoms with van der Waals surface area (Å²) in [6, 6.07) is 22.7. The minimum atomic E-state index is 0.00519. The van der Waals surface area contributed by atoms with Crippen molar-refractivity contribution in [2.24, 2.45) is 0 Å². The Morgan fingerprint density at radius 3 is 2.00 bits per heavy atom. The van der Waals surface area contributed by atoms with Crippen LogP contribution in [0.4, 0.5) is 0 Å². The van der Waals surface area contributed by atoms with E-state index in [2.05, 4.69) is 110 Å². The van der Waals surface area contributed by atoms with Gasteiger partial charge < -0.3 is 0 Å². The number of H-pyrrole nitrogens is 1. The third-order valence-corrected chi connectivity index (χ3v) is 7.59. The first-order valence-corrected chi connectivity index (χ1v) is 13.7. The minimum Gasteiger partial charge on any atom is -0.247 e. The molecule has 0 saturated carbocycles. The lowest BCUT2D eigenvalue weighted by Gasteiger charge is -2.37. The number of unbranched alkanes of at least 4 members (excludes halogenated alkanes) is 7. The normalized spacial score (nSPS) is 14.3. The summed E-state index contributed by atoms with van der Waals surface area (Å²) in [7, 11) is 0. The molecule has 2 atom stereocenters. The molecule has 0 radical (unpaired) electrons. The van der Waals surface area contributed by atoms with Gasteiger partial charge in [0, 0.05) is 5.41 Å².